The summed E-state index contributed by atoms with van der Waals surface area (Å²) in [6.07, 6.45) is 3.46. The maximum Gasteiger partial charge on any atom is 0.182 e. The Morgan fingerprint density at radius 3 is 2.39 bits per heavy atom. The summed E-state index contributed by atoms with van der Waals surface area (Å²) in [4.78, 5) is 8.59. The average molecular weight is 297 g/mol. The van der Waals surface area contributed by atoms with E-state index in [1.54, 1.807) is 23.0 Å². The highest BCUT2D eigenvalue weighted by molar-refractivity contribution is 5.69. The highest BCUT2D eigenvalue weighted by atomic mass is 15.3. The molecule has 1 aromatic carbocycles. The second kappa shape index (κ2) is 5.35. The second-order valence-electron chi connectivity index (χ2n) is 5.02. The van der Waals surface area contributed by atoms with Crippen LogP contribution in [0.15, 0.2) is 67.0 Å². The fraction of sp³-hybridized carbons (Fsp3) is 0. The Bertz CT molecular complexity index is 1010. The number of rotatable bonds is 2. The van der Waals surface area contributed by atoms with Crippen molar-refractivity contribution < 1.29 is 0 Å². The number of aromatic nitrogens is 4. The second-order valence-corrected chi connectivity index (χ2v) is 5.02. The van der Waals surface area contributed by atoms with E-state index in [2.05, 4.69) is 21.1 Å². The molecule has 3 heterocycles. The van der Waals surface area contributed by atoms with Crippen LogP contribution in [0, 0.1) is 11.3 Å². The number of fused-ring (bicyclic) bond motifs is 1. The van der Waals surface area contributed by atoms with Gasteiger partial charge in [-0.05, 0) is 24.3 Å². The third-order valence-corrected chi connectivity index (χ3v) is 3.61. The predicted molar refractivity (Wildman–Crippen MR) is 86.4 cm³/mol. The summed E-state index contributed by atoms with van der Waals surface area (Å²) < 4.78 is 1.72. The average Bonchev–Trinajstić information content (AvgIpc) is 3.08. The minimum Gasteiger partial charge on any atom is -0.265 e. The minimum absolute atomic E-state index is 0.498. The molecule has 4 aromatic rings. The van der Waals surface area contributed by atoms with Gasteiger partial charge in [-0.2, -0.15) is 5.26 Å². The quantitative estimate of drug-likeness (QED) is 0.569. The zero-order valence-corrected chi connectivity index (χ0v) is 12.1. The van der Waals surface area contributed by atoms with Crippen LogP contribution in [0.4, 0.5) is 0 Å². The Kier molecular flexibility index (Phi) is 3.06. The zero-order chi connectivity index (χ0) is 15.6. The Morgan fingerprint density at radius 2 is 1.65 bits per heavy atom. The predicted octanol–water partition coefficient (Wildman–Crippen LogP) is 3.33. The standard InChI is InChI=1S/C18H11N5/c19-12-15-6-7-16(13-8-10-20-11-9-13)23-18(15)21-17(22-23)14-4-2-1-3-5-14/h1-11H. The normalized spacial score (nSPS) is 10.6. The van der Waals surface area contributed by atoms with Gasteiger partial charge in [0.2, 0.25) is 0 Å². The molecule has 3 aromatic heterocycles. The lowest BCUT2D eigenvalue weighted by molar-refractivity contribution is 0.971. The molecule has 5 nitrogen and oxygen atoms in total. The first-order chi connectivity index (χ1) is 11.4. The van der Waals surface area contributed by atoms with E-state index < -0.39 is 0 Å². The van der Waals surface area contributed by atoms with E-state index in [0.717, 1.165) is 16.8 Å². The largest absolute Gasteiger partial charge is 0.265 e. The van der Waals surface area contributed by atoms with E-state index in [-0.39, 0.29) is 0 Å². The number of benzene rings is 1. The van der Waals surface area contributed by atoms with Crippen molar-refractivity contribution in [3.63, 3.8) is 0 Å². The molecular weight excluding hydrogens is 286 g/mol. The SMILES string of the molecule is N#Cc1ccc(-c2ccncc2)n2nc(-c3ccccc3)nc12. The first kappa shape index (κ1) is 13.2. The molecule has 0 radical (unpaired) electrons. The molecule has 0 N–H and O–H groups in total. The summed E-state index contributed by atoms with van der Waals surface area (Å²) in [6.45, 7) is 0. The molecule has 4 rings (SSSR count). The Hall–Kier alpha value is -3.52. The molecule has 0 aliphatic heterocycles. The fourth-order valence-corrected chi connectivity index (χ4v) is 2.50. The number of nitriles is 1. The van der Waals surface area contributed by atoms with Crippen molar-refractivity contribution >= 4 is 5.65 Å². The zero-order valence-electron chi connectivity index (χ0n) is 12.1. The van der Waals surface area contributed by atoms with Gasteiger partial charge in [0.05, 0.1) is 11.3 Å². The summed E-state index contributed by atoms with van der Waals surface area (Å²) >= 11 is 0. The van der Waals surface area contributed by atoms with Crippen LogP contribution < -0.4 is 0 Å². The van der Waals surface area contributed by atoms with Gasteiger partial charge < -0.3 is 0 Å². The van der Waals surface area contributed by atoms with Crippen LogP contribution in [0.3, 0.4) is 0 Å². The molecule has 0 atom stereocenters. The molecule has 0 amide bonds. The topological polar surface area (TPSA) is 66.9 Å². The molecule has 5 heteroatoms. The molecule has 0 aliphatic rings. The molecule has 0 spiro atoms. The van der Waals surface area contributed by atoms with E-state index in [1.807, 2.05) is 48.5 Å². The molecule has 108 valence electrons. The highest BCUT2D eigenvalue weighted by Gasteiger charge is 2.13. The highest BCUT2D eigenvalue weighted by Crippen LogP contribution is 2.24. The molecule has 0 fully saturated rings. The fourth-order valence-electron chi connectivity index (χ4n) is 2.50. The van der Waals surface area contributed by atoms with Crippen molar-refractivity contribution in [1.29, 1.82) is 5.26 Å². The third kappa shape index (κ3) is 2.23. The maximum absolute atomic E-state index is 9.34. The monoisotopic (exact) mass is 297 g/mol. The molecule has 0 aliphatic carbocycles. The van der Waals surface area contributed by atoms with Crippen molar-refractivity contribution in [3.05, 3.63) is 72.6 Å². The van der Waals surface area contributed by atoms with Gasteiger partial charge in [-0.15, -0.1) is 5.10 Å². The summed E-state index contributed by atoms with van der Waals surface area (Å²) in [6, 6.07) is 19.4. The lowest BCUT2D eigenvalue weighted by Gasteiger charge is -2.04. The molecule has 0 unspecified atom stereocenters. The van der Waals surface area contributed by atoms with Gasteiger partial charge in [0.1, 0.15) is 6.07 Å². The Labute approximate surface area is 132 Å². The third-order valence-electron chi connectivity index (χ3n) is 3.61. The maximum atomic E-state index is 9.34. The molecule has 0 bridgehead atoms. The van der Waals surface area contributed by atoms with Gasteiger partial charge in [-0.3, -0.25) is 4.98 Å². The number of hydrogen-bond donors (Lipinski definition) is 0. The van der Waals surface area contributed by atoms with E-state index in [4.69, 9.17) is 0 Å². The van der Waals surface area contributed by atoms with Gasteiger partial charge >= 0.3 is 0 Å². The van der Waals surface area contributed by atoms with Crippen LogP contribution in [0.25, 0.3) is 28.3 Å². The van der Waals surface area contributed by atoms with Gasteiger partial charge in [0.15, 0.2) is 11.5 Å². The molecule has 0 saturated carbocycles. The molecule has 23 heavy (non-hydrogen) atoms. The first-order valence-corrected chi connectivity index (χ1v) is 7.12. The van der Waals surface area contributed by atoms with E-state index in [9.17, 15) is 5.26 Å². The smallest absolute Gasteiger partial charge is 0.182 e. The van der Waals surface area contributed by atoms with Gasteiger partial charge in [-0.25, -0.2) is 9.50 Å². The van der Waals surface area contributed by atoms with E-state index in [1.165, 1.54) is 0 Å². The summed E-state index contributed by atoms with van der Waals surface area (Å²) in [5.74, 6) is 0.601. The lowest BCUT2D eigenvalue weighted by atomic mass is 10.1. The van der Waals surface area contributed by atoms with E-state index in [0.29, 0.717) is 17.0 Å². The van der Waals surface area contributed by atoms with Crippen molar-refractivity contribution in [2.75, 3.05) is 0 Å². The van der Waals surface area contributed by atoms with Crippen molar-refractivity contribution in [1.82, 2.24) is 19.6 Å². The van der Waals surface area contributed by atoms with Crippen LogP contribution in [0.2, 0.25) is 0 Å². The summed E-state index contributed by atoms with van der Waals surface area (Å²) in [5.41, 5.74) is 3.81. The van der Waals surface area contributed by atoms with Gasteiger partial charge in [0.25, 0.3) is 0 Å². The van der Waals surface area contributed by atoms with Crippen molar-refractivity contribution in [2.45, 2.75) is 0 Å². The number of pyridine rings is 2. The van der Waals surface area contributed by atoms with Crippen LogP contribution in [-0.4, -0.2) is 19.6 Å². The molecular formula is C18H11N5. The Balaban J connectivity index is 2.00. The van der Waals surface area contributed by atoms with E-state index >= 15 is 0 Å². The number of nitrogens with zero attached hydrogens (tertiary/aromatic N) is 5. The van der Waals surface area contributed by atoms with Gasteiger partial charge in [-0.1, -0.05) is 30.3 Å². The van der Waals surface area contributed by atoms with Crippen LogP contribution >= 0.6 is 0 Å². The van der Waals surface area contributed by atoms with Crippen LogP contribution in [0.5, 0.6) is 0 Å². The summed E-state index contributed by atoms with van der Waals surface area (Å²) in [7, 11) is 0. The van der Waals surface area contributed by atoms with Crippen molar-refractivity contribution in [2.24, 2.45) is 0 Å². The van der Waals surface area contributed by atoms with Gasteiger partial charge in [0, 0.05) is 23.5 Å². The lowest BCUT2D eigenvalue weighted by Crippen LogP contribution is -1.96. The van der Waals surface area contributed by atoms with Crippen LogP contribution in [0.1, 0.15) is 5.56 Å². The van der Waals surface area contributed by atoms with Crippen molar-refractivity contribution in [3.8, 4) is 28.7 Å². The first-order valence-electron chi connectivity index (χ1n) is 7.12. The minimum atomic E-state index is 0.498. The summed E-state index contributed by atoms with van der Waals surface area (Å²) in [5, 5.41) is 13.9. The van der Waals surface area contributed by atoms with Crippen LogP contribution in [-0.2, 0) is 0 Å². The Morgan fingerprint density at radius 1 is 0.870 bits per heavy atom. The molecule has 0 saturated heterocycles. The number of hydrogen-bond acceptors (Lipinski definition) is 4.